The average Bonchev–Trinajstić information content (AvgIpc) is 2.45. The van der Waals surface area contributed by atoms with Gasteiger partial charge in [0.15, 0.2) is 6.10 Å². The van der Waals surface area contributed by atoms with E-state index in [4.69, 9.17) is 5.11 Å². The van der Waals surface area contributed by atoms with Gasteiger partial charge in [-0.3, -0.25) is 0 Å². The molecule has 0 heterocycles. The molecule has 2 aromatic rings. The van der Waals surface area contributed by atoms with Crippen molar-refractivity contribution in [3.63, 3.8) is 0 Å². The molecule has 0 aliphatic carbocycles. The van der Waals surface area contributed by atoms with E-state index in [-0.39, 0.29) is 6.42 Å². The van der Waals surface area contributed by atoms with Gasteiger partial charge in [0.05, 0.1) is 0 Å². The van der Waals surface area contributed by atoms with Gasteiger partial charge in [0.1, 0.15) is 0 Å². The molecule has 104 valence electrons. The number of aliphatic hydroxyl groups is 1. The Morgan fingerprint density at radius 1 is 1.15 bits per heavy atom. The predicted molar refractivity (Wildman–Crippen MR) is 81.5 cm³/mol. The molecule has 0 bridgehead atoms. The van der Waals surface area contributed by atoms with Gasteiger partial charge in [-0.2, -0.15) is 0 Å². The van der Waals surface area contributed by atoms with Crippen LogP contribution in [0.1, 0.15) is 12.0 Å². The zero-order valence-electron chi connectivity index (χ0n) is 10.8. The van der Waals surface area contributed by atoms with Crippen LogP contribution in [0.5, 0.6) is 0 Å². The Kier molecular flexibility index (Phi) is 4.93. The molecule has 20 heavy (non-hydrogen) atoms. The van der Waals surface area contributed by atoms with E-state index in [0.717, 1.165) is 21.2 Å². The first-order valence-electron chi connectivity index (χ1n) is 6.32. The molecule has 0 spiro atoms. The highest BCUT2D eigenvalue weighted by molar-refractivity contribution is 9.10. The number of hydrogen-bond donors (Lipinski definition) is 2. The third kappa shape index (κ3) is 3.68. The SMILES string of the molecule is O=C(O)C(O)CCc1ccc(-c2ccccc2)c(Br)c1. The minimum atomic E-state index is -1.30. The van der Waals surface area contributed by atoms with Crippen LogP contribution >= 0.6 is 15.9 Å². The van der Waals surface area contributed by atoms with Crippen LogP contribution in [0.15, 0.2) is 53.0 Å². The molecule has 0 saturated heterocycles. The van der Waals surface area contributed by atoms with E-state index >= 15 is 0 Å². The van der Waals surface area contributed by atoms with E-state index < -0.39 is 12.1 Å². The number of aliphatic carboxylic acids is 1. The summed E-state index contributed by atoms with van der Waals surface area (Å²) < 4.78 is 0.964. The van der Waals surface area contributed by atoms with E-state index in [9.17, 15) is 9.90 Å². The largest absolute Gasteiger partial charge is 0.479 e. The Bertz CT molecular complexity index is 596. The molecule has 2 aromatic carbocycles. The van der Waals surface area contributed by atoms with Gasteiger partial charge < -0.3 is 10.2 Å². The van der Waals surface area contributed by atoms with Crippen molar-refractivity contribution in [3.05, 3.63) is 58.6 Å². The van der Waals surface area contributed by atoms with E-state index in [0.29, 0.717) is 6.42 Å². The second kappa shape index (κ2) is 6.68. The highest BCUT2D eigenvalue weighted by atomic mass is 79.9. The van der Waals surface area contributed by atoms with Crippen molar-refractivity contribution in [2.24, 2.45) is 0 Å². The molecular weight excluding hydrogens is 320 g/mol. The Labute approximate surface area is 126 Å². The summed E-state index contributed by atoms with van der Waals surface area (Å²) in [6.45, 7) is 0. The Hall–Kier alpha value is -1.65. The zero-order chi connectivity index (χ0) is 14.5. The van der Waals surface area contributed by atoms with Gasteiger partial charge in [-0.15, -0.1) is 0 Å². The first kappa shape index (κ1) is 14.8. The first-order valence-corrected chi connectivity index (χ1v) is 7.12. The van der Waals surface area contributed by atoms with Crippen LogP contribution in [0.4, 0.5) is 0 Å². The van der Waals surface area contributed by atoms with Gasteiger partial charge >= 0.3 is 5.97 Å². The lowest BCUT2D eigenvalue weighted by molar-refractivity contribution is -0.146. The third-order valence-electron chi connectivity index (χ3n) is 3.11. The van der Waals surface area contributed by atoms with Gasteiger partial charge in [0, 0.05) is 4.47 Å². The van der Waals surface area contributed by atoms with Crippen molar-refractivity contribution < 1.29 is 15.0 Å². The Balaban J connectivity index is 2.12. The molecule has 0 aromatic heterocycles. The number of carbonyl (C=O) groups is 1. The van der Waals surface area contributed by atoms with Crippen molar-refractivity contribution in [1.82, 2.24) is 0 Å². The number of hydrogen-bond acceptors (Lipinski definition) is 2. The molecule has 0 aliphatic heterocycles. The minimum Gasteiger partial charge on any atom is -0.479 e. The fraction of sp³-hybridized carbons (Fsp3) is 0.188. The molecule has 0 fully saturated rings. The lowest BCUT2D eigenvalue weighted by Crippen LogP contribution is -2.19. The molecule has 1 atom stereocenters. The summed E-state index contributed by atoms with van der Waals surface area (Å²) in [6.07, 6.45) is -0.560. The number of rotatable bonds is 5. The molecule has 2 rings (SSSR count). The summed E-state index contributed by atoms with van der Waals surface area (Å²) in [4.78, 5) is 10.6. The standard InChI is InChI=1S/C16H15BrO3/c17-14-10-11(7-9-15(18)16(19)20)6-8-13(14)12-4-2-1-3-5-12/h1-6,8,10,15,18H,7,9H2,(H,19,20). The molecule has 0 amide bonds. The van der Waals surface area contributed by atoms with Gasteiger partial charge in [0.25, 0.3) is 0 Å². The second-order valence-corrected chi connectivity index (χ2v) is 5.43. The van der Waals surface area contributed by atoms with Crippen molar-refractivity contribution in [3.8, 4) is 11.1 Å². The lowest BCUT2D eigenvalue weighted by Gasteiger charge is -2.09. The van der Waals surface area contributed by atoms with Gasteiger partial charge in [-0.05, 0) is 35.6 Å². The maximum atomic E-state index is 10.6. The van der Waals surface area contributed by atoms with E-state index in [1.54, 1.807) is 0 Å². The number of carboxylic acid groups (broad SMARTS) is 1. The lowest BCUT2D eigenvalue weighted by atomic mass is 10.0. The number of aryl methyl sites for hydroxylation is 1. The smallest absolute Gasteiger partial charge is 0.332 e. The van der Waals surface area contributed by atoms with Crippen LogP contribution in [0, 0.1) is 0 Å². The van der Waals surface area contributed by atoms with Gasteiger partial charge in [-0.1, -0.05) is 58.4 Å². The summed E-state index contributed by atoms with van der Waals surface area (Å²) in [7, 11) is 0. The summed E-state index contributed by atoms with van der Waals surface area (Å²) in [5.74, 6) is -1.18. The van der Waals surface area contributed by atoms with Gasteiger partial charge in [-0.25, -0.2) is 4.79 Å². The van der Waals surface area contributed by atoms with Crippen LogP contribution < -0.4 is 0 Å². The van der Waals surface area contributed by atoms with Crippen LogP contribution in [0.3, 0.4) is 0 Å². The maximum absolute atomic E-state index is 10.6. The molecular formula is C16H15BrO3. The normalized spacial score (nSPS) is 12.1. The molecule has 2 N–H and O–H groups in total. The Morgan fingerprint density at radius 2 is 1.85 bits per heavy atom. The van der Waals surface area contributed by atoms with Crippen LogP contribution in [-0.4, -0.2) is 22.3 Å². The third-order valence-corrected chi connectivity index (χ3v) is 3.77. The van der Waals surface area contributed by atoms with Crippen molar-refractivity contribution in [2.75, 3.05) is 0 Å². The van der Waals surface area contributed by atoms with Gasteiger partial charge in [0.2, 0.25) is 0 Å². The maximum Gasteiger partial charge on any atom is 0.332 e. The van der Waals surface area contributed by atoms with E-state index in [1.807, 2.05) is 48.5 Å². The quantitative estimate of drug-likeness (QED) is 0.879. The molecule has 1 unspecified atom stereocenters. The molecule has 3 nitrogen and oxygen atoms in total. The number of halogens is 1. The highest BCUT2D eigenvalue weighted by Gasteiger charge is 2.13. The first-order chi connectivity index (χ1) is 9.58. The number of benzene rings is 2. The van der Waals surface area contributed by atoms with E-state index in [1.165, 1.54) is 0 Å². The van der Waals surface area contributed by atoms with Crippen LogP contribution in [-0.2, 0) is 11.2 Å². The minimum absolute atomic E-state index is 0.215. The highest BCUT2D eigenvalue weighted by Crippen LogP contribution is 2.29. The predicted octanol–water partition coefficient (Wildman–Crippen LogP) is 3.49. The molecule has 0 saturated carbocycles. The topological polar surface area (TPSA) is 57.5 Å². The molecule has 4 heteroatoms. The Morgan fingerprint density at radius 3 is 2.45 bits per heavy atom. The summed E-state index contributed by atoms with van der Waals surface area (Å²) in [5.41, 5.74) is 3.21. The monoisotopic (exact) mass is 334 g/mol. The number of carboxylic acids is 1. The van der Waals surface area contributed by atoms with Crippen molar-refractivity contribution in [2.45, 2.75) is 18.9 Å². The fourth-order valence-electron chi connectivity index (χ4n) is 1.99. The van der Waals surface area contributed by atoms with Crippen molar-refractivity contribution in [1.29, 1.82) is 0 Å². The van der Waals surface area contributed by atoms with E-state index in [2.05, 4.69) is 15.9 Å². The second-order valence-electron chi connectivity index (χ2n) is 4.57. The zero-order valence-corrected chi connectivity index (χ0v) is 12.4. The number of aliphatic hydroxyl groups excluding tert-OH is 1. The average molecular weight is 335 g/mol. The van der Waals surface area contributed by atoms with Crippen LogP contribution in [0.2, 0.25) is 0 Å². The van der Waals surface area contributed by atoms with Crippen molar-refractivity contribution >= 4 is 21.9 Å². The fourth-order valence-corrected chi connectivity index (χ4v) is 2.65. The van der Waals surface area contributed by atoms with Crippen LogP contribution in [0.25, 0.3) is 11.1 Å². The summed E-state index contributed by atoms with van der Waals surface area (Å²) in [5, 5.41) is 17.9. The summed E-state index contributed by atoms with van der Waals surface area (Å²) >= 11 is 3.54. The molecule has 0 aliphatic rings. The molecule has 0 radical (unpaired) electrons. The summed E-state index contributed by atoms with van der Waals surface area (Å²) in [6, 6.07) is 15.9.